The van der Waals surface area contributed by atoms with Crippen LogP contribution in [-0.2, 0) is 6.61 Å². The minimum atomic E-state index is -0.135. The lowest BCUT2D eigenvalue weighted by molar-refractivity contribution is 0.263. The summed E-state index contributed by atoms with van der Waals surface area (Å²) in [7, 11) is 0. The fourth-order valence-electron chi connectivity index (χ4n) is 1.74. The van der Waals surface area contributed by atoms with E-state index in [0.29, 0.717) is 13.2 Å². The molecule has 0 saturated heterocycles. The molecule has 110 valence electrons. The zero-order valence-corrected chi connectivity index (χ0v) is 12.8. The van der Waals surface area contributed by atoms with E-state index < -0.39 is 0 Å². The van der Waals surface area contributed by atoms with Gasteiger partial charge in [-0.15, -0.1) is 11.3 Å². The van der Waals surface area contributed by atoms with Gasteiger partial charge in [-0.2, -0.15) is 0 Å². The van der Waals surface area contributed by atoms with Gasteiger partial charge in [-0.05, 0) is 30.0 Å². The van der Waals surface area contributed by atoms with Gasteiger partial charge >= 0.3 is 0 Å². The highest BCUT2D eigenvalue weighted by Gasteiger charge is 2.07. The fraction of sp³-hybridized carbons (Fsp3) is 0.294. The first-order valence-corrected chi connectivity index (χ1v) is 7.73. The molecule has 0 amide bonds. The summed E-state index contributed by atoms with van der Waals surface area (Å²) in [5.74, 6) is 7.09. The Morgan fingerprint density at radius 3 is 2.62 bits per heavy atom. The van der Waals surface area contributed by atoms with Gasteiger partial charge in [-0.1, -0.05) is 30.9 Å². The summed E-state index contributed by atoms with van der Waals surface area (Å²) in [6.45, 7) is 3.05. The van der Waals surface area contributed by atoms with Crippen molar-refractivity contribution in [3.05, 3.63) is 46.2 Å². The third kappa shape index (κ3) is 4.52. The third-order valence-electron chi connectivity index (χ3n) is 2.72. The second-order valence-electron chi connectivity index (χ2n) is 4.30. The summed E-state index contributed by atoms with van der Waals surface area (Å²) in [6, 6.07) is 9.60. The minimum absolute atomic E-state index is 0.135. The van der Waals surface area contributed by atoms with E-state index in [0.717, 1.165) is 28.4 Å². The van der Waals surface area contributed by atoms with Crippen molar-refractivity contribution in [3.8, 4) is 23.3 Å². The number of ether oxygens (including phenoxy) is 2. The lowest BCUT2D eigenvalue weighted by atomic mass is 10.2. The van der Waals surface area contributed by atoms with Crippen LogP contribution < -0.4 is 9.47 Å². The molecule has 2 aromatic rings. The first-order chi connectivity index (χ1) is 10.3. The number of para-hydroxylation sites is 2. The van der Waals surface area contributed by atoms with Gasteiger partial charge in [0.25, 0.3) is 0 Å². The lowest BCUT2D eigenvalue weighted by Gasteiger charge is -2.11. The molecule has 0 fully saturated rings. The fourth-order valence-corrected chi connectivity index (χ4v) is 2.48. The van der Waals surface area contributed by atoms with Crippen LogP contribution in [0.4, 0.5) is 0 Å². The van der Waals surface area contributed by atoms with Crippen LogP contribution in [0.2, 0.25) is 0 Å². The Labute approximate surface area is 129 Å². The molecule has 0 radical (unpaired) electrons. The summed E-state index contributed by atoms with van der Waals surface area (Å²) >= 11 is 1.59. The zero-order chi connectivity index (χ0) is 14.9. The van der Waals surface area contributed by atoms with Crippen LogP contribution >= 0.6 is 11.3 Å². The number of aliphatic hydroxyl groups is 1. The number of benzene rings is 1. The van der Waals surface area contributed by atoms with Crippen molar-refractivity contribution in [2.75, 3.05) is 13.2 Å². The Morgan fingerprint density at radius 2 is 1.90 bits per heavy atom. The van der Waals surface area contributed by atoms with Crippen LogP contribution in [-0.4, -0.2) is 18.3 Å². The van der Waals surface area contributed by atoms with Gasteiger partial charge in [0.2, 0.25) is 0 Å². The van der Waals surface area contributed by atoms with E-state index in [1.165, 1.54) is 0 Å². The topological polar surface area (TPSA) is 38.7 Å². The molecule has 1 aromatic carbocycles. The van der Waals surface area contributed by atoms with Crippen molar-refractivity contribution in [2.45, 2.75) is 20.0 Å². The number of thiophene rings is 1. The number of hydrogen-bond acceptors (Lipinski definition) is 4. The number of aliphatic hydroxyl groups excluding tert-OH is 1. The highest BCUT2D eigenvalue weighted by molar-refractivity contribution is 7.10. The molecule has 0 aliphatic rings. The van der Waals surface area contributed by atoms with Gasteiger partial charge in [-0.3, -0.25) is 0 Å². The van der Waals surface area contributed by atoms with Gasteiger partial charge in [0.05, 0.1) is 11.5 Å². The average Bonchev–Trinajstić information content (AvgIpc) is 2.97. The van der Waals surface area contributed by atoms with Crippen molar-refractivity contribution in [2.24, 2.45) is 0 Å². The standard InChI is InChI=1S/C17H18O3S/c1-2-11-19-15-7-3-4-8-16(15)20-13-17-14(6-5-10-18)9-12-21-17/h3-4,7-9,12,18H,2,10-11,13H2,1H3. The predicted molar refractivity (Wildman–Crippen MR) is 84.8 cm³/mol. The van der Waals surface area contributed by atoms with Gasteiger partial charge in [0.1, 0.15) is 13.2 Å². The highest BCUT2D eigenvalue weighted by atomic mass is 32.1. The van der Waals surface area contributed by atoms with E-state index in [-0.39, 0.29) is 6.61 Å². The molecule has 0 saturated carbocycles. The first kappa shape index (κ1) is 15.4. The molecule has 1 aromatic heterocycles. The van der Waals surface area contributed by atoms with Crippen LogP contribution in [0.25, 0.3) is 0 Å². The smallest absolute Gasteiger partial charge is 0.161 e. The molecule has 0 atom stereocenters. The van der Waals surface area contributed by atoms with Crippen LogP contribution in [0.5, 0.6) is 11.5 Å². The Bertz CT molecular complexity index is 622. The van der Waals surface area contributed by atoms with Gasteiger partial charge < -0.3 is 14.6 Å². The van der Waals surface area contributed by atoms with Crippen LogP contribution in [0.3, 0.4) is 0 Å². The van der Waals surface area contributed by atoms with Crippen molar-refractivity contribution >= 4 is 11.3 Å². The summed E-state index contributed by atoms with van der Waals surface area (Å²) < 4.78 is 11.5. The molecule has 1 N–H and O–H groups in total. The molecule has 0 bridgehead atoms. The largest absolute Gasteiger partial charge is 0.490 e. The summed E-state index contributed by atoms with van der Waals surface area (Å²) in [5.41, 5.74) is 0.904. The molecular weight excluding hydrogens is 284 g/mol. The van der Waals surface area contributed by atoms with E-state index >= 15 is 0 Å². The Balaban J connectivity index is 2.05. The van der Waals surface area contributed by atoms with Gasteiger partial charge in [0, 0.05) is 5.56 Å². The van der Waals surface area contributed by atoms with Crippen LogP contribution in [0.15, 0.2) is 35.7 Å². The molecule has 0 unspecified atom stereocenters. The average molecular weight is 302 g/mol. The molecule has 0 spiro atoms. The molecule has 2 rings (SSSR count). The van der Waals surface area contributed by atoms with Crippen LogP contribution in [0.1, 0.15) is 23.8 Å². The maximum absolute atomic E-state index is 8.76. The maximum atomic E-state index is 8.76. The minimum Gasteiger partial charge on any atom is -0.490 e. The van der Waals surface area contributed by atoms with E-state index in [4.69, 9.17) is 14.6 Å². The van der Waals surface area contributed by atoms with Gasteiger partial charge in [0.15, 0.2) is 11.5 Å². The Kier molecular flexibility index (Phi) is 6.14. The molecule has 0 aliphatic carbocycles. The van der Waals surface area contributed by atoms with E-state index in [1.807, 2.05) is 35.7 Å². The van der Waals surface area contributed by atoms with E-state index in [2.05, 4.69) is 18.8 Å². The van der Waals surface area contributed by atoms with Crippen molar-refractivity contribution in [1.29, 1.82) is 0 Å². The lowest BCUT2D eigenvalue weighted by Crippen LogP contribution is -2.00. The molecule has 0 aliphatic heterocycles. The van der Waals surface area contributed by atoms with Crippen molar-refractivity contribution in [1.82, 2.24) is 0 Å². The highest BCUT2D eigenvalue weighted by Crippen LogP contribution is 2.28. The monoisotopic (exact) mass is 302 g/mol. The normalized spacial score (nSPS) is 9.81. The zero-order valence-electron chi connectivity index (χ0n) is 12.0. The summed E-state index contributed by atoms with van der Waals surface area (Å²) in [6.07, 6.45) is 0.958. The Morgan fingerprint density at radius 1 is 1.14 bits per heavy atom. The van der Waals surface area contributed by atoms with E-state index in [9.17, 15) is 0 Å². The Hall–Kier alpha value is -1.96. The third-order valence-corrected chi connectivity index (χ3v) is 3.61. The number of rotatable bonds is 6. The molecule has 4 heteroatoms. The van der Waals surface area contributed by atoms with Crippen molar-refractivity contribution in [3.63, 3.8) is 0 Å². The molecule has 21 heavy (non-hydrogen) atoms. The maximum Gasteiger partial charge on any atom is 0.161 e. The van der Waals surface area contributed by atoms with Gasteiger partial charge in [-0.25, -0.2) is 0 Å². The summed E-state index contributed by atoms with van der Waals surface area (Å²) in [4.78, 5) is 1.04. The first-order valence-electron chi connectivity index (χ1n) is 6.86. The van der Waals surface area contributed by atoms with E-state index in [1.54, 1.807) is 11.3 Å². The van der Waals surface area contributed by atoms with Crippen molar-refractivity contribution < 1.29 is 14.6 Å². The second kappa shape index (κ2) is 8.35. The van der Waals surface area contributed by atoms with Crippen LogP contribution in [0, 0.1) is 11.8 Å². The molecular formula is C17H18O3S. The molecule has 3 nitrogen and oxygen atoms in total. The summed E-state index contributed by atoms with van der Waals surface area (Å²) in [5, 5.41) is 10.7. The quantitative estimate of drug-likeness (QED) is 0.831. The second-order valence-corrected chi connectivity index (χ2v) is 5.30. The SMILES string of the molecule is CCCOc1ccccc1OCc1sccc1C#CCO. The predicted octanol–water partition coefficient (Wildman–Crippen LogP) is 3.46. The molecule has 1 heterocycles. The number of hydrogen-bond donors (Lipinski definition) is 1.